The van der Waals surface area contributed by atoms with Crippen LogP contribution in [0.2, 0.25) is 5.02 Å². The maximum atomic E-state index is 14.8. The van der Waals surface area contributed by atoms with E-state index in [-0.39, 0.29) is 11.4 Å². The van der Waals surface area contributed by atoms with E-state index in [1.165, 1.54) is 21.3 Å². The molecule has 0 saturated heterocycles. The molecule has 0 unspecified atom stereocenters. The summed E-state index contributed by atoms with van der Waals surface area (Å²) in [4.78, 5) is 14.4. The lowest BCUT2D eigenvalue weighted by Gasteiger charge is -2.27. The van der Waals surface area contributed by atoms with Gasteiger partial charge in [-0.15, -0.1) is 0 Å². The highest BCUT2D eigenvalue weighted by Crippen LogP contribution is 2.41. The number of hydrogen-bond acceptors (Lipinski definition) is 4. The van der Waals surface area contributed by atoms with Gasteiger partial charge in [0.25, 0.3) is 0 Å². The number of phenolic OH excluding ortho intramolecular Hbond substituents is 1. The van der Waals surface area contributed by atoms with Crippen LogP contribution >= 0.6 is 11.6 Å². The van der Waals surface area contributed by atoms with Gasteiger partial charge >= 0.3 is 5.69 Å². The molecule has 1 aliphatic rings. The zero-order chi connectivity index (χ0) is 24.7. The number of phenols is 1. The summed E-state index contributed by atoms with van der Waals surface area (Å²) < 4.78 is 17.6. The van der Waals surface area contributed by atoms with Gasteiger partial charge in [-0.25, -0.2) is 9.18 Å². The maximum Gasteiger partial charge on any atom is 0.332 e. The van der Waals surface area contributed by atoms with E-state index < -0.39 is 5.82 Å². The zero-order valence-corrected chi connectivity index (χ0v) is 20.1. The fraction of sp³-hybridized carbons (Fsp3) is 0.148. The maximum absolute atomic E-state index is 14.8. The van der Waals surface area contributed by atoms with Gasteiger partial charge in [0, 0.05) is 61.2 Å². The van der Waals surface area contributed by atoms with Crippen LogP contribution in [-0.4, -0.2) is 27.3 Å². The summed E-state index contributed by atoms with van der Waals surface area (Å²) in [6, 6.07) is 15.3. The number of aryl methyl sites for hydroxylation is 1. The first kappa shape index (κ1) is 22.8. The highest BCUT2D eigenvalue weighted by atomic mass is 35.5. The van der Waals surface area contributed by atoms with Crippen molar-refractivity contribution in [3.05, 3.63) is 100 Å². The average Bonchev–Trinajstić information content (AvgIpc) is 3.18. The van der Waals surface area contributed by atoms with Crippen LogP contribution in [0, 0.1) is 5.82 Å². The van der Waals surface area contributed by atoms with E-state index in [0.29, 0.717) is 33.0 Å². The Labute approximate surface area is 207 Å². The molecule has 178 valence electrons. The number of rotatable bonds is 4. The number of anilines is 1. The second-order valence-electron chi connectivity index (χ2n) is 8.56. The molecule has 5 rings (SSSR count). The monoisotopic (exact) mass is 490 g/mol. The van der Waals surface area contributed by atoms with Gasteiger partial charge in [0.1, 0.15) is 11.6 Å². The summed E-state index contributed by atoms with van der Waals surface area (Å²) >= 11 is 6.50. The number of allylic oxidation sites excluding steroid dienone is 1. The molecule has 0 atom stereocenters. The van der Waals surface area contributed by atoms with Crippen LogP contribution in [0.3, 0.4) is 0 Å². The standard InChI is InChI=1S/C27H24ClFN4O2/c1-17-16-32(9-8-30-17)21-5-3-4-18(12-21)22-14-20(29)15-23(26(22)34)19-6-7-25(24(28)13-19)33-11-10-31(2)27(33)35/h3-7,10-16,30,34H,8-9H2,1-2H3. The molecular formula is C27H24ClFN4O2. The molecule has 0 bridgehead atoms. The third-order valence-corrected chi connectivity index (χ3v) is 6.44. The van der Waals surface area contributed by atoms with Gasteiger partial charge in [0.15, 0.2) is 0 Å². The van der Waals surface area contributed by atoms with E-state index in [1.807, 2.05) is 37.4 Å². The van der Waals surface area contributed by atoms with Crippen LogP contribution in [0.15, 0.2) is 83.7 Å². The highest BCUT2D eigenvalue weighted by molar-refractivity contribution is 6.32. The molecule has 0 saturated carbocycles. The van der Waals surface area contributed by atoms with Crippen LogP contribution in [0.4, 0.5) is 10.1 Å². The minimum absolute atomic E-state index is 0.0451. The molecule has 35 heavy (non-hydrogen) atoms. The van der Waals surface area contributed by atoms with Gasteiger partial charge in [-0.3, -0.25) is 4.57 Å². The third-order valence-electron chi connectivity index (χ3n) is 6.13. The van der Waals surface area contributed by atoms with E-state index in [4.69, 9.17) is 11.6 Å². The SMILES string of the molecule is CC1=CN(c2cccc(-c3cc(F)cc(-c4ccc(-n5ccn(C)c5=O)c(Cl)c4)c3O)c2)CCN1. The Morgan fingerprint density at radius 1 is 1.03 bits per heavy atom. The molecular weight excluding hydrogens is 467 g/mol. The molecule has 4 aromatic rings. The minimum Gasteiger partial charge on any atom is -0.507 e. The topological polar surface area (TPSA) is 62.4 Å². The Balaban J connectivity index is 1.56. The Morgan fingerprint density at radius 3 is 2.43 bits per heavy atom. The fourth-order valence-corrected chi connectivity index (χ4v) is 4.60. The van der Waals surface area contributed by atoms with Gasteiger partial charge < -0.3 is 19.9 Å². The van der Waals surface area contributed by atoms with Crippen molar-refractivity contribution in [2.45, 2.75) is 6.92 Å². The Kier molecular flexibility index (Phi) is 5.86. The lowest BCUT2D eigenvalue weighted by atomic mass is 9.96. The largest absolute Gasteiger partial charge is 0.507 e. The second kappa shape index (κ2) is 9.00. The van der Waals surface area contributed by atoms with Crippen molar-refractivity contribution in [3.8, 4) is 33.7 Å². The molecule has 1 aliphatic heterocycles. The van der Waals surface area contributed by atoms with Crippen LogP contribution in [0.1, 0.15) is 6.92 Å². The molecule has 0 spiro atoms. The first-order valence-corrected chi connectivity index (χ1v) is 11.6. The molecule has 2 N–H and O–H groups in total. The summed E-state index contributed by atoms with van der Waals surface area (Å²) in [6.07, 6.45) is 5.30. The number of benzene rings is 3. The van der Waals surface area contributed by atoms with Crippen molar-refractivity contribution < 1.29 is 9.50 Å². The lowest BCUT2D eigenvalue weighted by Crippen LogP contribution is -2.33. The first-order valence-electron chi connectivity index (χ1n) is 11.2. The Hall–Kier alpha value is -3.97. The highest BCUT2D eigenvalue weighted by Gasteiger charge is 2.17. The lowest BCUT2D eigenvalue weighted by molar-refractivity contribution is 0.477. The number of aromatic nitrogens is 2. The molecule has 8 heteroatoms. The number of nitrogens with one attached hydrogen (secondary N) is 1. The smallest absolute Gasteiger partial charge is 0.332 e. The van der Waals surface area contributed by atoms with Crippen molar-refractivity contribution in [2.24, 2.45) is 7.05 Å². The Morgan fingerprint density at radius 2 is 1.77 bits per heavy atom. The molecule has 2 heterocycles. The minimum atomic E-state index is -0.476. The van der Waals surface area contributed by atoms with Crippen molar-refractivity contribution in [3.63, 3.8) is 0 Å². The summed E-state index contributed by atoms with van der Waals surface area (Å²) in [5.41, 5.74) is 4.23. The molecule has 0 radical (unpaired) electrons. The normalized spacial score (nSPS) is 13.5. The summed E-state index contributed by atoms with van der Waals surface area (Å²) in [7, 11) is 1.65. The first-order chi connectivity index (χ1) is 16.8. The van der Waals surface area contributed by atoms with Crippen molar-refractivity contribution in [1.29, 1.82) is 0 Å². The quantitative estimate of drug-likeness (QED) is 0.408. The van der Waals surface area contributed by atoms with Gasteiger partial charge in [0.05, 0.1) is 10.7 Å². The van der Waals surface area contributed by atoms with Crippen LogP contribution < -0.4 is 15.9 Å². The molecule has 6 nitrogen and oxygen atoms in total. The van der Waals surface area contributed by atoms with E-state index in [1.54, 1.807) is 37.6 Å². The molecule has 0 fully saturated rings. The van der Waals surface area contributed by atoms with E-state index in [0.717, 1.165) is 24.5 Å². The average molecular weight is 491 g/mol. The zero-order valence-electron chi connectivity index (χ0n) is 19.3. The number of imidazole rings is 1. The number of hydrogen-bond donors (Lipinski definition) is 2. The van der Waals surface area contributed by atoms with Gasteiger partial charge in [-0.05, 0) is 54.4 Å². The summed E-state index contributed by atoms with van der Waals surface area (Å²) in [5, 5.41) is 14.8. The van der Waals surface area contributed by atoms with Crippen molar-refractivity contribution in [2.75, 3.05) is 18.0 Å². The van der Waals surface area contributed by atoms with Crippen molar-refractivity contribution >= 4 is 17.3 Å². The summed E-state index contributed by atoms with van der Waals surface area (Å²) in [5.74, 6) is -0.521. The number of halogens is 2. The predicted octanol–water partition coefficient (Wildman–Crippen LogP) is 5.28. The summed E-state index contributed by atoms with van der Waals surface area (Å²) in [6.45, 7) is 3.63. The molecule has 3 aromatic carbocycles. The number of nitrogens with zero attached hydrogens (tertiary/aromatic N) is 3. The van der Waals surface area contributed by atoms with Crippen molar-refractivity contribution in [1.82, 2.24) is 14.5 Å². The second-order valence-corrected chi connectivity index (χ2v) is 8.97. The molecule has 0 amide bonds. The van der Waals surface area contributed by atoms with E-state index in [9.17, 15) is 14.3 Å². The van der Waals surface area contributed by atoms with E-state index >= 15 is 0 Å². The van der Waals surface area contributed by atoms with Gasteiger partial charge in [0.2, 0.25) is 0 Å². The van der Waals surface area contributed by atoms with E-state index in [2.05, 4.69) is 10.2 Å². The molecule has 0 aliphatic carbocycles. The van der Waals surface area contributed by atoms with Crippen LogP contribution in [0.25, 0.3) is 27.9 Å². The van der Waals surface area contributed by atoms with Gasteiger partial charge in [-0.2, -0.15) is 0 Å². The fourth-order valence-electron chi connectivity index (χ4n) is 4.33. The van der Waals surface area contributed by atoms with Crippen LogP contribution in [0.5, 0.6) is 5.75 Å². The molecule has 1 aromatic heterocycles. The van der Waals surface area contributed by atoms with Crippen LogP contribution in [-0.2, 0) is 7.05 Å². The Bertz CT molecular complexity index is 1520. The van der Waals surface area contributed by atoms with Gasteiger partial charge in [-0.1, -0.05) is 29.8 Å². The predicted molar refractivity (Wildman–Crippen MR) is 138 cm³/mol. The number of aromatic hydroxyl groups is 1. The third kappa shape index (κ3) is 4.31.